The zero-order valence-electron chi connectivity index (χ0n) is 8.07. The summed E-state index contributed by atoms with van der Waals surface area (Å²) >= 11 is 0. The molecule has 62 valence electrons. The highest BCUT2D eigenvalue weighted by Gasteiger charge is 2.44. The Balaban J connectivity index is 2.84. The van der Waals surface area contributed by atoms with Crippen molar-refractivity contribution in [1.29, 1.82) is 0 Å². The summed E-state index contributed by atoms with van der Waals surface area (Å²) in [6, 6.07) is 0. The van der Waals surface area contributed by atoms with Gasteiger partial charge in [-0.15, -0.1) is 0 Å². The third-order valence-corrected chi connectivity index (χ3v) is 3.13. The standard InChI is InChI=1S/C11H18/c1-5-9(3)11(7-8-11)10(4)6-2/h5-6H,7-8H2,1-4H3/b9-5+,10-6+. The second-order valence-electron chi connectivity index (χ2n) is 3.53. The van der Waals surface area contributed by atoms with Gasteiger partial charge >= 0.3 is 0 Å². The van der Waals surface area contributed by atoms with E-state index in [4.69, 9.17) is 0 Å². The van der Waals surface area contributed by atoms with Crippen molar-refractivity contribution in [1.82, 2.24) is 0 Å². The van der Waals surface area contributed by atoms with Gasteiger partial charge in [-0.05, 0) is 40.5 Å². The Morgan fingerprint density at radius 3 is 1.55 bits per heavy atom. The molecule has 1 saturated carbocycles. The fourth-order valence-electron chi connectivity index (χ4n) is 1.78. The third kappa shape index (κ3) is 1.26. The largest absolute Gasteiger partial charge is 0.0878 e. The van der Waals surface area contributed by atoms with Crippen molar-refractivity contribution in [3.8, 4) is 0 Å². The highest BCUT2D eigenvalue weighted by Crippen LogP contribution is 2.56. The molecule has 0 nitrogen and oxygen atoms in total. The van der Waals surface area contributed by atoms with Crippen LogP contribution in [0.5, 0.6) is 0 Å². The lowest BCUT2D eigenvalue weighted by molar-refractivity contribution is 0.720. The quantitative estimate of drug-likeness (QED) is 0.526. The van der Waals surface area contributed by atoms with Gasteiger partial charge in [0.05, 0.1) is 0 Å². The lowest BCUT2D eigenvalue weighted by Gasteiger charge is -2.16. The molecule has 0 saturated heterocycles. The van der Waals surface area contributed by atoms with Gasteiger partial charge in [0.15, 0.2) is 0 Å². The molecular weight excluding hydrogens is 132 g/mol. The Kier molecular flexibility index (Phi) is 2.22. The highest BCUT2D eigenvalue weighted by molar-refractivity contribution is 5.33. The molecule has 0 atom stereocenters. The van der Waals surface area contributed by atoms with Gasteiger partial charge in [0, 0.05) is 5.41 Å². The molecule has 0 heterocycles. The summed E-state index contributed by atoms with van der Waals surface area (Å²) in [6.45, 7) is 8.77. The highest BCUT2D eigenvalue weighted by atomic mass is 14.5. The van der Waals surface area contributed by atoms with Crippen molar-refractivity contribution in [2.24, 2.45) is 5.41 Å². The molecule has 11 heavy (non-hydrogen) atoms. The Morgan fingerprint density at radius 2 is 1.36 bits per heavy atom. The van der Waals surface area contributed by atoms with E-state index >= 15 is 0 Å². The molecular formula is C11H18. The fraction of sp³-hybridized carbons (Fsp3) is 0.636. The van der Waals surface area contributed by atoms with Crippen LogP contribution in [0.3, 0.4) is 0 Å². The maximum Gasteiger partial charge on any atom is 0.0116 e. The van der Waals surface area contributed by atoms with E-state index in [1.165, 1.54) is 12.8 Å². The lowest BCUT2D eigenvalue weighted by atomic mass is 9.89. The van der Waals surface area contributed by atoms with E-state index in [-0.39, 0.29) is 0 Å². The van der Waals surface area contributed by atoms with Gasteiger partial charge in [0.2, 0.25) is 0 Å². The van der Waals surface area contributed by atoms with Crippen LogP contribution in [0.2, 0.25) is 0 Å². The number of hydrogen-bond acceptors (Lipinski definition) is 0. The van der Waals surface area contributed by atoms with Gasteiger partial charge in [-0.25, -0.2) is 0 Å². The molecule has 0 unspecified atom stereocenters. The maximum absolute atomic E-state index is 2.25. The van der Waals surface area contributed by atoms with Crippen LogP contribution in [-0.4, -0.2) is 0 Å². The molecule has 1 aliphatic rings. The molecule has 0 aromatic carbocycles. The summed E-state index contributed by atoms with van der Waals surface area (Å²) in [4.78, 5) is 0. The molecule has 1 rings (SSSR count). The zero-order valence-corrected chi connectivity index (χ0v) is 8.07. The number of rotatable bonds is 2. The summed E-state index contributed by atoms with van der Waals surface area (Å²) in [5, 5.41) is 0. The van der Waals surface area contributed by atoms with E-state index in [9.17, 15) is 0 Å². The minimum atomic E-state index is 0.490. The van der Waals surface area contributed by atoms with Crippen LogP contribution in [0.25, 0.3) is 0 Å². The average Bonchev–Trinajstić information content (AvgIpc) is 2.82. The Hall–Kier alpha value is -0.520. The first kappa shape index (κ1) is 8.58. The Morgan fingerprint density at radius 1 is 1.00 bits per heavy atom. The van der Waals surface area contributed by atoms with E-state index in [1.807, 2.05) is 0 Å². The molecule has 0 N–H and O–H groups in total. The molecule has 0 amide bonds. The summed E-state index contributed by atoms with van der Waals surface area (Å²) in [6.07, 6.45) is 7.22. The van der Waals surface area contributed by atoms with E-state index < -0.39 is 0 Å². The van der Waals surface area contributed by atoms with Gasteiger partial charge in [-0.2, -0.15) is 0 Å². The average molecular weight is 150 g/mol. The zero-order chi connectivity index (χ0) is 8.48. The van der Waals surface area contributed by atoms with E-state index in [0.29, 0.717) is 5.41 Å². The van der Waals surface area contributed by atoms with Crippen molar-refractivity contribution in [2.45, 2.75) is 40.5 Å². The van der Waals surface area contributed by atoms with Gasteiger partial charge in [0.25, 0.3) is 0 Å². The summed E-state index contributed by atoms with van der Waals surface area (Å²) in [5.74, 6) is 0. The maximum atomic E-state index is 2.25. The molecule has 1 fully saturated rings. The van der Waals surface area contributed by atoms with Crippen LogP contribution < -0.4 is 0 Å². The molecule has 0 aromatic rings. The van der Waals surface area contributed by atoms with Crippen LogP contribution >= 0.6 is 0 Å². The van der Waals surface area contributed by atoms with E-state index in [2.05, 4.69) is 39.8 Å². The molecule has 0 radical (unpaired) electrons. The number of hydrogen-bond donors (Lipinski definition) is 0. The minimum absolute atomic E-state index is 0.490. The van der Waals surface area contributed by atoms with E-state index in [1.54, 1.807) is 11.1 Å². The second-order valence-corrected chi connectivity index (χ2v) is 3.53. The van der Waals surface area contributed by atoms with Gasteiger partial charge in [-0.3, -0.25) is 0 Å². The molecule has 0 bridgehead atoms. The normalized spacial score (nSPS) is 23.6. The van der Waals surface area contributed by atoms with Crippen molar-refractivity contribution in [2.75, 3.05) is 0 Å². The predicted octanol–water partition coefficient (Wildman–Crippen LogP) is 3.70. The molecule has 0 spiro atoms. The molecule has 0 aromatic heterocycles. The Labute approximate surface area is 70.0 Å². The first-order chi connectivity index (χ1) is 5.17. The first-order valence-corrected chi connectivity index (χ1v) is 4.44. The first-order valence-electron chi connectivity index (χ1n) is 4.44. The van der Waals surface area contributed by atoms with E-state index in [0.717, 1.165) is 0 Å². The summed E-state index contributed by atoms with van der Waals surface area (Å²) in [7, 11) is 0. The summed E-state index contributed by atoms with van der Waals surface area (Å²) < 4.78 is 0. The van der Waals surface area contributed by atoms with Crippen molar-refractivity contribution in [3.63, 3.8) is 0 Å². The van der Waals surface area contributed by atoms with Crippen LogP contribution in [0.15, 0.2) is 23.3 Å². The monoisotopic (exact) mass is 150 g/mol. The van der Waals surface area contributed by atoms with Crippen LogP contribution in [-0.2, 0) is 0 Å². The summed E-state index contributed by atoms with van der Waals surface area (Å²) in [5.41, 5.74) is 3.59. The van der Waals surface area contributed by atoms with Crippen LogP contribution in [0, 0.1) is 5.41 Å². The smallest absolute Gasteiger partial charge is 0.0116 e. The number of allylic oxidation sites excluding steroid dienone is 4. The van der Waals surface area contributed by atoms with Gasteiger partial charge in [0.1, 0.15) is 0 Å². The molecule has 0 aliphatic heterocycles. The van der Waals surface area contributed by atoms with Gasteiger partial charge < -0.3 is 0 Å². The van der Waals surface area contributed by atoms with Gasteiger partial charge in [-0.1, -0.05) is 23.3 Å². The molecule has 1 aliphatic carbocycles. The topological polar surface area (TPSA) is 0 Å². The fourth-order valence-corrected chi connectivity index (χ4v) is 1.78. The molecule has 0 heteroatoms. The lowest BCUT2D eigenvalue weighted by Crippen LogP contribution is -2.03. The second kappa shape index (κ2) is 2.84. The van der Waals surface area contributed by atoms with Crippen molar-refractivity contribution in [3.05, 3.63) is 23.3 Å². The van der Waals surface area contributed by atoms with Crippen LogP contribution in [0.1, 0.15) is 40.5 Å². The van der Waals surface area contributed by atoms with Crippen molar-refractivity contribution >= 4 is 0 Å². The van der Waals surface area contributed by atoms with Crippen molar-refractivity contribution < 1.29 is 0 Å². The Bertz CT molecular complexity index is 182. The predicted molar refractivity (Wildman–Crippen MR) is 50.5 cm³/mol. The minimum Gasteiger partial charge on any atom is -0.0878 e. The third-order valence-electron chi connectivity index (χ3n) is 3.13. The SMILES string of the molecule is C/C=C(\C)C1(/C(C)=C/C)CC1. The van der Waals surface area contributed by atoms with Crippen LogP contribution in [0.4, 0.5) is 0 Å².